The van der Waals surface area contributed by atoms with Crippen molar-refractivity contribution >= 4 is 38.9 Å². The van der Waals surface area contributed by atoms with Crippen LogP contribution in [0.5, 0.6) is 5.75 Å². The van der Waals surface area contributed by atoms with Gasteiger partial charge in [-0.15, -0.1) is 11.3 Å². The molecule has 0 aliphatic heterocycles. The third-order valence-corrected chi connectivity index (χ3v) is 9.00. The summed E-state index contributed by atoms with van der Waals surface area (Å²) < 4.78 is 6.76. The molecule has 1 amide bonds. The van der Waals surface area contributed by atoms with Crippen molar-refractivity contribution in [1.82, 2.24) is 14.9 Å². The maximum atomic E-state index is 14.1. The van der Waals surface area contributed by atoms with E-state index in [0.717, 1.165) is 64.1 Å². The molecule has 0 N–H and O–H groups in total. The summed E-state index contributed by atoms with van der Waals surface area (Å²) in [6.07, 6.45) is 10.6. The summed E-state index contributed by atoms with van der Waals surface area (Å²) in [5.74, 6) is 1.50. The van der Waals surface area contributed by atoms with Crippen LogP contribution >= 0.6 is 22.9 Å². The van der Waals surface area contributed by atoms with Crippen LogP contribution in [0.15, 0.2) is 61.2 Å². The molecule has 1 saturated carbocycles. The molecule has 1 fully saturated rings. The predicted octanol–water partition coefficient (Wildman–Crippen LogP) is 7.63. The van der Waals surface area contributed by atoms with Gasteiger partial charge in [-0.25, -0.2) is 9.97 Å². The molecule has 4 aromatic rings. The van der Waals surface area contributed by atoms with Crippen LogP contribution in [0.2, 0.25) is 5.02 Å². The van der Waals surface area contributed by atoms with Gasteiger partial charge in [0.2, 0.25) is 0 Å². The second-order valence-electron chi connectivity index (χ2n) is 9.41. The summed E-state index contributed by atoms with van der Waals surface area (Å²) in [6, 6.07) is 14.2. The first-order valence-corrected chi connectivity index (χ1v) is 13.7. The van der Waals surface area contributed by atoms with Gasteiger partial charge in [0.05, 0.1) is 12.1 Å². The Morgan fingerprint density at radius 2 is 1.83 bits per heavy atom. The molecule has 5 nitrogen and oxygen atoms in total. The Labute approximate surface area is 221 Å². The Kier molecular flexibility index (Phi) is 7.54. The molecule has 0 radical (unpaired) electrons. The second-order valence-corrected chi connectivity index (χ2v) is 10.8. The van der Waals surface area contributed by atoms with Crippen molar-refractivity contribution < 1.29 is 9.53 Å². The minimum Gasteiger partial charge on any atom is -0.496 e. The van der Waals surface area contributed by atoms with E-state index in [1.807, 2.05) is 41.3 Å². The Morgan fingerprint density at radius 1 is 1.08 bits per heavy atom. The summed E-state index contributed by atoms with van der Waals surface area (Å²) in [7, 11) is 1.67. The van der Waals surface area contributed by atoms with Crippen molar-refractivity contribution in [2.75, 3.05) is 7.11 Å². The highest BCUT2D eigenvalue weighted by Crippen LogP contribution is 2.39. The zero-order valence-electron chi connectivity index (χ0n) is 20.6. The minimum atomic E-state index is -0.00310. The SMILES string of the molecule is CCC1CCC(N(Cc2cc(-c3cncnc3)ccc2OC)C(=O)c2sc3ccccc3c2Cl)CC1. The van der Waals surface area contributed by atoms with E-state index in [-0.39, 0.29) is 11.9 Å². The van der Waals surface area contributed by atoms with Crippen molar-refractivity contribution in [2.45, 2.75) is 51.6 Å². The Balaban J connectivity index is 1.53. The highest BCUT2D eigenvalue weighted by Gasteiger charge is 2.32. The van der Waals surface area contributed by atoms with Crippen molar-refractivity contribution in [3.8, 4) is 16.9 Å². The van der Waals surface area contributed by atoms with Crippen LogP contribution in [0.3, 0.4) is 0 Å². The first-order valence-electron chi connectivity index (χ1n) is 12.5. The molecule has 0 spiro atoms. The zero-order chi connectivity index (χ0) is 25.1. The van der Waals surface area contributed by atoms with Gasteiger partial charge in [-0.05, 0) is 55.4 Å². The summed E-state index contributed by atoms with van der Waals surface area (Å²) in [5.41, 5.74) is 2.88. The molecule has 0 atom stereocenters. The van der Waals surface area contributed by atoms with Crippen LogP contribution in [-0.4, -0.2) is 33.9 Å². The smallest absolute Gasteiger partial charge is 0.266 e. The summed E-state index contributed by atoms with van der Waals surface area (Å²) in [4.78, 5) is 25.1. The number of aromatic nitrogens is 2. The first kappa shape index (κ1) is 24.7. The molecular weight excluding hydrogens is 490 g/mol. The molecule has 186 valence electrons. The molecule has 2 aromatic carbocycles. The highest BCUT2D eigenvalue weighted by molar-refractivity contribution is 7.21. The number of carbonyl (C=O) groups is 1. The number of rotatable bonds is 7. The first-order chi connectivity index (χ1) is 17.6. The molecule has 2 aromatic heterocycles. The van der Waals surface area contributed by atoms with Gasteiger partial charge in [0.25, 0.3) is 5.91 Å². The van der Waals surface area contributed by atoms with Crippen molar-refractivity contribution in [2.24, 2.45) is 5.92 Å². The lowest BCUT2D eigenvalue weighted by atomic mass is 9.83. The molecule has 36 heavy (non-hydrogen) atoms. The monoisotopic (exact) mass is 519 g/mol. The van der Waals surface area contributed by atoms with Gasteiger partial charge < -0.3 is 9.64 Å². The number of ether oxygens (including phenoxy) is 1. The molecule has 0 unspecified atom stereocenters. The maximum absolute atomic E-state index is 14.1. The lowest BCUT2D eigenvalue weighted by Gasteiger charge is -2.37. The van der Waals surface area contributed by atoms with E-state index in [9.17, 15) is 4.79 Å². The van der Waals surface area contributed by atoms with E-state index >= 15 is 0 Å². The third kappa shape index (κ3) is 4.97. The molecule has 7 heteroatoms. The summed E-state index contributed by atoms with van der Waals surface area (Å²) in [6.45, 7) is 2.71. The van der Waals surface area contributed by atoms with Crippen LogP contribution in [-0.2, 0) is 6.54 Å². The quantitative estimate of drug-likeness (QED) is 0.252. The van der Waals surface area contributed by atoms with Gasteiger partial charge in [-0.3, -0.25) is 4.79 Å². The number of fused-ring (bicyclic) bond motifs is 1. The Hall–Kier alpha value is -2.96. The maximum Gasteiger partial charge on any atom is 0.266 e. The minimum absolute atomic E-state index is 0.00310. The fourth-order valence-electron chi connectivity index (χ4n) is 5.23. The Bertz CT molecular complexity index is 1350. The number of methoxy groups -OCH3 is 1. The summed E-state index contributed by atoms with van der Waals surface area (Å²) in [5, 5.41) is 1.49. The molecule has 0 bridgehead atoms. The fraction of sp³-hybridized carbons (Fsp3) is 0.345. The van der Waals surface area contributed by atoms with Gasteiger partial charge >= 0.3 is 0 Å². The third-order valence-electron chi connectivity index (χ3n) is 7.34. The number of amides is 1. The van der Waals surface area contributed by atoms with Gasteiger partial charge in [0.1, 0.15) is 17.0 Å². The predicted molar refractivity (Wildman–Crippen MR) is 147 cm³/mol. The normalized spacial score (nSPS) is 17.8. The van der Waals surface area contributed by atoms with Crippen LogP contribution in [0.4, 0.5) is 0 Å². The van der Waals surface area contributed by atoms with Crippen LogP contribution < -0.4 is 4.74 Å². The number of thiophene rings is 1. The number of hydrogen-bond acceptors (Lipinski definition) is 5. The van der Waals surface area contributed by atoms with E-state index in [0.29, 0.717) is 16.4 Å². The van der Waals surface area contributed by atoms with Gasteiger partial charge in [0.15, 0.2) is 0 Å². The highest BCUT2D eigenvalue weighted by atomic mass is 35.5. The van der Waals surface area contributed by atoms with Crippen LogP contribution in [0, 0.1) is 5.92 Å². The number of carbonyl (C=O) groups excluding carboxylic acids is 1. The average molecular weight is 520 g/mol. The van der Waals surface area contributed by atoms with Crippen LogP contribution in [0.25, 0.3) is 21.2 Å². The molecule has 5 rings (SSSR count). The number of benzene rings is 2. The topological polar surface area (TPSA) is 55.3 Å². The van der Waals surface area contributed by atoms with Gasteiger partial charge in [-0.1, -0.05) is 49.2 Å². The summed E-state index contributed by atoms with van der Waals surface area (Å²) >= 11 is 8.25. The molecule has 1 aliphatic rings. The van der Waals surface area contributed by atoms with Crippen molar-refractivity contribution in [3.05, 3.63) is 76.6 Å². The Morgan fingerprint density at radius 3 is 2.53 bits per heavy atom. The molecule has 2 heterocycles. The van der Waals surface area contributed by atoms with E-state index in [2.05, 4.69) is 23.0 Å². The zero-order valence-corrected chi connectivity index (χ0v) is 22.2. The number of nitrogens with zero attached hydrogens (tertiary/aromatic N) is 3. The number of hydrogen-bond donors (Lipinski definition) is 0. The largest absolute Gasteiger partial charge is 0.496 e. The van der Waals surface area contributed by atoms with Crippen molar-refractivity contribution in [1.29, 1.82) is 0 Å². The number of halogens is 1. The van der Waals surface area contributed by atoms with E-state index < -0.39 is 0 Å². The molecule has 1 aliphatic carbocycles. The lowest BCUT2D eigenvalue weighted by Crippen LogP contribution is -2.41. The molecular formula is C29H30ClN3O2S. The van der Waals surface area contributed by atoms with E-state index in [4.69, 9.17) is 16.3 Å². The standard InChI is InChI=1S/C29H30ClN3O2S/c1-3-19-8-11-23(12-9-19)33(29(34)28-27(30)24-6-4-5-7-26(24)36-28)17-21-14-20(10-13-25(21)35-2)22-15-31-18-32-16-22/h4-7,10,13-16,18-19,23H,3,8-9,11-12,17H2,1-2H3. The van der Waals surface area contributed by atoms with Crippen molar-refractivity contribution in [3.63, 3.8) is 0 Å². The lowest BCUT2D eigenvalue weighted by molar-refractivity contribution is 0.0591. The van der Waals surface area contributed by atoms with Crippen LogP contribution in [0.1, 0.15) is 54.3 Å². The van der Waals surface area contributed by atoms with Gasteiger partial charge in [0, 0.05) is 46.2 Å². The molecule has 0 saturated heterocycles. The van der Waals surface area contributed by atoms with Gasteiger partial charge in [-0.2, -0.15) is 0 Å². The second kappa shape index (κ2) is 11.0. The van der Waals surface area contributed by atoms with E-state index in [1.165, 1.54) is 24.1 Å². The van der Waals surface area contributed by atoms with E-state index in [1.54, 1.807) is 19.5 Å². The average Bonchev–Trinajstić information content (AvgIpc) is 3.28. The fourth-order valence-corrected chi connectivity index (χ4v) is 6.70.